The SMILES string of the molecule is COc1cc(C)c(S(=O)(=O)NC2CCOC2)cc1C. The van der Waals surface area contributed by atoms with Crippen molar-refractivity contribution in [3.63, 3.8) is 0 Å². The Bertz CT molecular complexity index is 562. The number of rotatable bonds is 4. The highest BCUT2D eigenvalue weighted by atomic mass is 32.2. The van der Waals surface area contributed by atoms with Gasteiger partial charge in [-0.3, -0.25) is 0 Å². The van der Waals surface area contributed by atoms with Crippen molar-refractivity contribution in [3.05, 3.63) is 23.3 Å². The number of hydrogen-bond donors (Lipinski definition) is 1. The van der Waals surface area contributed by atoms with Crippen molar-refractivity contribution in [2.75, 3.05) is 20.3 Å². The van der Waals surface area contributed by atoms with E-state index in [1.54, 1.807) is 26.2 Å². The topological polar surface area (TPSA) is 64.6 Å². The van der Waals surface area contributed by atoms with Crippen LogP contribution in [0.3, 0.4) is 0 Å². The summed E-state index contributed by atoms with van der Waals surface area (Å²) < 4.78 is 37.8. The second-order valence-electron chi connectivity index (χ2n) is 4.77. The van der Waals surface area contributed by atoms with Gasteiger partial charge in [-0.15, -0.1) is 0 Å². The molecule has 1 unspecified atom stereocenters. The van der Waals surface area contributed by atoms with Gasteiger partial charge in [-0.1, -0.05) is 0 Å². The molecule has 5 nitrogen and oxygen atoms in total. The van der Waals surface area contributed by atoms with Crippen LogP contribution in [0, 0.1) is 13.8 Å². The number of sulfonamides is 1. The molecule has 106 valence electrons. The minimum Gasteiger partial charge on any atom is -0.496 e. The number of ether oxygens (including phenoxy) is 2. The minimum atomic E-state index is -3.51. The van der Waals surface area contributed by atoms with E-state index in [0.29, 0.717) is 35.8 Å². The first-order valence-corrected chi connectivity index (χ1v) is 7.67. The number of benzene rings is 1. The van der Waals surface area contributed by atoms with Crippen LogP contribution in [0.15, 0.2) is 17.0 Å². The third kappa shape index (κ3) is 3.08. The molecule has 1 fully saturated rings. The first-order valence-electron chi connectivity index (χ1n) is 6.19. The first-order chi connectivity index (χ1) is 8.94. The van der Waals surface area contributed by atoms with Gasteiger partial charge in [0, 0.05) is 12.6 Å². The smallest absolute Gasteiger partial charge is 0.241 e. The second kappa shape index (κ2) is 5.48. The Morgan fingerprint density at radius 3 is 2.63 bits per heavy atom. The molecule has 1 aliphatic rings. The number of methoxy groups -OCH3 is 1. The van der Waals surface area contributed by atoms with Crippen molar-refractivity contribution >= 4 is 10.0 Å². The summed E-state index contributed by atoms with van der Waals surface area (Å²) in [6, 6.07) is 3.26. The third-order valence-electron chi connectivity index (χ3n) is 3.23. The van der Waals surface area contributed by atoms with Crippen LogP contribution in [0.4, 0.5) is 0 Å². The molecule has 0 aromatic heterocycles. The van der Waals surface area contributed by atoms with Crippen molar-refractivity contribution in [1.29, 1.82) is 0 Å². The molecule has 0 spiro atoms. The lowest BCUT2D eigenvalue weighted by atomic mass is 10.1. The fourth-order valence-corrected chi connectivity index (χ4v) is 3.75. The highest BCUT2D eigenvalue weighted by Gasteiger charge is 2.25. The van der Waals surface area contributed by atoms with Gasteiger partial charge in [-0.05, 0) is 43.5 Å². The molecule has 1 aliphatic heterocycles. The van der Waals surface area contributed by atoms with Crippen molar-refractivity contribution in [2.24, 2.45) is 0 Å². The quantitative estimate of drug-likeness (QED) is 0.907. The lowest BCUT2D eigenvalue weighted by Gasteiger charge is -2.15. The Labute approximate surface area is 114 Å². The molecule has 1 N–H and O–H groups in total. The number of hydrogen-bond acceptors (Lipinski definition) is 4. The zero-order chi connectivity index (χ0) is 14.0. The van der Waals surface area contributed by atoms with Gasteiger partial charge < -0.3 is 9.47 Å². The van der Waals surface area contributed by atoms with Crippen LogP contribution in [-0.2, 0) is 14.8 Å². The zero-order valence-corrected chi connectivity index (χ0v) is 12.2. The van der Waals surface area contributed by atoms with Gasteiger partial charge in [0.15, 0.2) is 0 Å². The van der Waals surface area contributed by atoms with Gasteiger partial charge in [0.1, 0.15) is 5.75 Å². The highest BCUT2D eigenvalue weighted by Crippen LogP contribution is 2.26. The highest BCUT2D eigenvalue weighted by molar-refractivity contribution is 7.89. The summed E-state index contributed by atoms with van der Waals surface area (Å²) in [4.78, 5) is 0.303. The Kier molecular flexibility index (Phi) is 4.13. The second-order valence-corrected chi connectivity index (χ2v) is 6.45. The van der Waals surface area contributed by atoms with Crippen LogP contribution in [0.1, 0.15) is 17.5 Å². The summed E-state index contributed by atoms with van der Waals surface area (Å²) in [5.41, 5.74) is 1.48. The molecule has 19 heavy (non-hydrogen) atoms. The van der Waals surface area contributed by atoms with Gasteiger partial charge in [0.2, 0.25) is 10.0 Å². The monoisotopic (exact) mass is 285 g/mol. The maximum Gasteiger partial charge on any atom is 0.241 e. The Morgan fingerprint density at radius 2 is 2.05 bits per heavy atom. The van der Waals surface area contributed by atoms with E-state index in [2.05, 4.69) is 4.72 Å². The molecular weight excluding hydrogens is 266 g/mol. The van der Waals surface area contributed by atoms with Gasteiger partial charge in [-0.25, -0.2) is 13.1 Å². The molecule has 1 saturated heterocycles. The molecule has 2 rings (SSSR count). The summed E-state index contributed by atoms with van der Waals surface area (Å²) in [6.07, 6.45) is 0.716. The molecule has 0 aliphatic carbocycles. The van der Waals surface area contributed by atoms with Gasteiger partial charge in [0.25, 0.3) is 0 Å². The lowest BCUT2D eigenvalue weighted by Crippen LogP contribution is -2.35. The van der Waals surface area contributed by atoms with Crippen LogP contribution in [0.5, 0.6) is 5.75 Å². The fourth-order valence-electron chi connectivity index (χ4n) is 2.18. The van der Waals surface area contributed by atoms with Crippen molar-refractivity contribution < 1.29 is 17.9 Å². The van der Waals surface area contributed by atoms with Crippen molar-refractivity contribution in [1.82, 2.24) is 4.72 Å². The van der Waals surface area contributed by atoms with Crippen LogP contribution < -0.4 is 9.46 Å². The van der Waals surface area contributed by atoms with Crippen LogP contribution in [0.2, 0.25) is 0 Å². The summed E-state index contributed by atoms with van der Waals surface area (Å²) in [6.45, 7) is 4.64. The molecular formula is C13H19NO4S. The Morgan fingerprint density at radius 1 is 1.32 bits per heavy atom. The van der Waals surface area contributed by atoms with Crippen molar-refractivity contribution in [3.8, 4) is 5.75 Å². The van der Waals surface area contributed by atoms with E-state index in [9.17, 15) is 8.42 Å². The summed E-state index contributed by atoms with van der Waals surface area (Å²) in [5, 5.41) is 0. The number of nitrogens with one attached hydrogen (secondary N) is 1. The van der Waals surface area contributed by atoms with E-state index in [1.165, 1.54) is 0 Å². The summed E-state index contributed by atoms with van der Waals surface area (Å²) in [5.74, 6) is 0.695. The maximum atomic E-state index is 12.4. The molecule has 0 radical (unpaired) electrons. The van der Waals surface area contributed by atoms with Gasteiger partial charge in [0.05, 0.1) is 18.6 Å². The molecule has 1 heterocycles. The largest absolute Gasteiger partial charge is 0.496 e. The minimum absolute atomic E-state index is 0.133. The molecule has 0 amide bonds. The third-order valence-corrected chi connectivity index (χ3v) is 4.90. The van der Waals surface area contributed by atoms with Crippen LogP contribution in [-0.4, -0.2) is 34.8 Å². The van der Waals surface area contributed by atoms with E-state index in [-0.39, 0.29) is 6.04 Å². The average Bonchev–Trinajstić information content (AvgIpc) is 2.83. The van der Waals surface area contributed by atoms with E-state index in [4.69, 9.17) is 9.47 Å². The van der Waals surface area contributed by atoms with E-state index < -0.39 is 10.0 Å². The predicted octanol–water partition coefficient (Wildman–Crippen LogP) is 1.38. The lowest BCUT2D eigenvalue weighted by molar-refractivity contribution is 0.192. The summed E-state index contributed by atoms with van der Waals surface area (Å²) >= 11 is 0. The standard InChI is InChI=1S/C13H19NO4S/c1-9-7-13(10(2)6-12(9)17-3)19(15,16)14-11-4-5-18-8-11/h6-7,11,14H,4-5,8H2,1-3H3. The van der Waals surface area contributed by atoms with E-state index >= 15 is 0 Å². The first kappa shape index (κ1) is 14.3. The molecule has 0 bridgehead atoms. The van der Waals surface area contributed by atoms with Crippen LogP contribution >= 0.6 is 0 Å². The molecule has 6 heteroatoms. The Hall–Kier alpha value is -1.11. The summed E-state index contributed by atoms with van der Waals surface area (Å²) in [7, 11) is -1.93. The van der Waals surface area contributed by atoms with Gasteiger partial charge in [-0.2, -0.15) is 0 Å². The zero-order valence-electron chi connectivity index (χ0n) is 11.4. The van der Waals surface area contributed by atoms with E-state index in [0.717, 1.165) is 5.56 Å². The fraction of sp³-hybridized carbons (Fsp3) is 0.538. The molecule has 1 atom stereocenters. The van der Waals surface area contributed by atoms with Crippen LogP contribution in [0.25, 0.3) is 0 Å². The average molecular weight is 285 g/mol. The van der Waals surface area contributed by atoms with Crippen molar-refractivity contribution in [2.45, 2.75) is 31.2 Å². The molecule has 1 aromatic rings. The predicted molar refractivity (Wildman–Crippen MR) is 72.0 cm³/mol. The maximum absolute atomic E-state index is 12.4. The Balaban J connectivity index is 2.31. The van der Waals surface area contributed by atoms with Gasteiger partial charge >= 0.3 is 0 Å². The van der Waals surface area contributed by atoms with E-state index in [1.807, 2.05) is 6.92 Å². The number of aryl methyl sites for hydroxylation is 2. The normalized spacial score (nSPS) is 19.6. The molecule has 0 saturated carbocycles. The molecule has 1 aromatic carbocycles.